The largest absolute Gasteiger partial charge is 0.324 e. The van der Waals surface area contributed by atoms with Gasteiger partial charge in [-0.3, -0.25) is 9.59 Å². The van der Waals surface area contributed by atoms with Crippen LogP contribution in [0.1, 0.15) is 13.0 Å². The summed E-state index contributed by atoms with van der Waals surface area (Å²) in [5.74, 6) is -0.787. The summed E-state index contributed by atoms with van der Waals surface area (Å²) in [5.41, 5.74) is 0.127. The summed E-state index contributed by atoms with van der Waals surface area (Å²) in [6.07, 6.45) is 1.55. The Balaban J connectivity index is 1.89. The summed E-state index contributed by atoms with van der Waals surface area (Å²) >= 11 is 0. The fourth-order valence-corrected chi connectivity index (χ4v) is 2.27. The van der Waals surface area contributed by atoms with Crippen molar-refractivity contribution < 1.29 is 9.18 Å². The van der Waals surface area contributed by atoms with Gasteiger partial charge in [0.15, 0.2) is 0 Å². The summed E-state index contributed by atoms with van der Waals surface area (Å²) in [6, 6.07) is 11.7. The van der Waals surface area contributed by atoms with Crippen molar-refractivity contribution in [3.63, 3.8) is 0 Å². The van der Waals surface area contributed by atoms with Crippen LogP contribution in [0.25, 0.3) is 10.8 Å². The molecule has 0 unspecified atom stereocenters. The molecule has 116 valence electrons. The topological polar surface area (TPSA) is 64.0 Å². The lowest BCUT2D eigenvalue weighted by molar-refractivity contribution is -0.119. The van der Waals surface area contributed by atoms with E-state index in [9.17, 15) is 14.0 Å². The van der Waals surface area contributed by atoms with Crippen LogP contribution in [-0.2, 0) is 4.79 Å². The first-order chi connectivity index (χ1) is 11.1. The molecule has 23 heavy (non-hydrogen) atoms. The Morgan fingerprint density at radius 3 is 2.61 bits per heavy atom. The number of halogens is 1. The lowest BCUT2D eigenvalue weighted by Crippen LogP contribution is -2.33. The third-order valence-corrected chi connectivity index (χ3v) is 3.58. The Hall–Kier alpha value is -3.02. The molecule has 5 nitrogen and oxygen atoms in total. The monoisotopic (exact) mass is 311 g/mol. The molecule has 1 aromatic heterocycles. The van der Waals surface area contributed by atoms with Crippen LogP contribution in [0.15, 0.2) is 59.5 Å². The Bertz CT molecular complexity index is 919. The number of anilines is 1. The molecule has 0 radical (unpaired) electrons. The zero-order valence-electron chi connectivity index (χ0n) is 12.4. The smallest absolute Gasteiger partial charge is 0.275 e. The Morgan fingerprint density at radius 2 is 1.87 bits per heavy atom. The van der Waals surface area contributed by atoms with Crippen molar-refractivity contribution in [1.29, 1.82) is 0 Å². The van der Waals surface area contributed by atoms with Crippen LogP contribution in [0, 0.1) is 5.82 Å². The van der Waals surface area contributed by atoms with E-state index in [0.717, 1.165) is 10.1 Å². The number of rotatable bonds is 3. The predicted octanol–water partition coefficient (Wildman–Crippen LogP) is 2.74. The standard InChI is InChI=1S/C17H14FN3O2/c1-11(16(22)20-14-8-6-13(18)7-9-14)21-17(23)15-5-3-2-4-12(15)10-19-21/h2-11H,1H3,(H,20,22)/t11-/m0/s1. The summed E-state index contributed by atoms with van der Waals surface area (Å²) in [5, 5.41) is 7.93. The molecule has 0 aliphatic heterocycles. The van der Waals surface area contributed by atoms with Gasteiger partial charge in [-0.15, -0.1) is 0 Å². The molecule has 1 heterocycles. The van der Waals surface area contributed by atoms with Gasteiger partial charge in [0.25, 0.3) is 5.56 Å². The highest BCUT2D eigenvalue weighted by atomic mass is 19.1. The van der Waals surface area contributed by atoms with Crippen molar-refractivity contribution in [2.75, 3.05) is 5.32 Å². The van der Waals surface area contributed by atoms with Gasteiger partial charge in [0, 0.05) is 11.1 Å². The number of carbonyl (C=O) groups excluding carboxylic acids is 1. The van der Waals surface area contributed by atoms with Gasteiger partial charge in [0.05, 0.1) is 11.6 Å². The molecule has 3 rings (SSSR count). The average Bonchev–Trinajstić information content (AvgIpc) is 2.57. The van der Waals surface area contributed by atoms with Gasteiger partial charge in [-0.1, -0.05) is 18.2 Å². The van der Waals surface area contributed by atoms with E-state index in [2.05, 4.69) is 10.4 Å². The molecule has 0 fully saturated rings. The van der Waals surface area contributed by atoms with E-state index in [1.807, 2.05) is 6.07 Å². The summed E-state index contributed by atoms with van der Waals surface area (Å²) in [7, 11) is 0. The molecule has 0 aliphatic rings. The van der Waals surface area contributed by atoms with Crippen molar-refractivity contribution in [2.45, 2.75) is 13.0 Å². The highest BCUT2D eigenvalue weighted by Crippen LogP contribution is 2.13. The minimum atomic E-state index is -0.794. The highest BCUT2D eigenvalue weighted by Gasteiger charge is 2.18. The van der Waals surface area contributed by atoms with Crippen LogP contribution in [-0.4, -0.2) is 15.7 Å². The molecule has 3 aromatic rings. The average molecular weight is 311 g/mol. The summed E-state index contributed by atoms with van der Waals surface area (Å²) in [4.78, 5) is 24.7. The van der Waals surface area contributed by atoms with Crippen LogP contribution in [0.5, 0.6) is 0 Å². The minimum Gasteiger partial charge on any atom is -0.324 e. The van der Waals surface area contributed by atoms with Gasteiger partial charge in [0.2, 0.25) is 5.91 Å². The van der Waals surface area contributed by atoms with E-state index in [-0.39, 0.29) is 11.4 Å². The normalized spacial score (nSPS) is 12.1. The quantitative estimate of drug-likeness (QED) is 0.809. The zero-order valence-corrected chi connectivity index (χ0v) is 12.4. The maximum absolute atomic E-state index is 12.9. The number of fused-ring (bicyclic) bond motifs is 1. The van der Waals surface area contributed by atoms with Crippen LogP contribution < -0.4 is 10.9 Å². The number of nitrogens with one attached hydrogen (secondary N) is 1. The van der Waals surface area contributed by atoms with Crippen LogP contribution in [0.3, 0.4) is 0 Å². The molecule has 1 N–H and O–H groups in total. The van der Waals surface area contributed by atoms with Gasteiger partial charge < -0.3 is 5.32 Å². The second-order valence-electron chi connectivity index (χ2n) is 5.15. The molecule has 1 atom stereocenters. The first-order valence-electron chi connectivity index (χ1n) is 7.09. The fourth-order valence-electron chi connectivity index (χ4n) is 2.27. The fraction of sp³-hybridized carbons (Fsp3) is 0.118. The number of carbonyl (C=O) groups is 1. The van der Waals surface area contributed by atoms with Crippen molar-refractivity contribution in [1.82, 2.24) is 9.78 Å². The number of hydrogen-bond donors (Lipinski definition) is 1. The maximum atomic E-state index is 12.9. The van der Waals surface area contributed by atoms with E-state index in [1.54, 1.807) is 31.3 Å². The number of aromatic nitrogens is 2. The second-order valence-corrected chi connectivity index (χ2v) is 5.15. The Morgan fingerprint density at radius 1 is 1.17 bits per heavy atom. The van der Waals surface area contributed by atoms with Crippen LogP contribution in [0.4, 0.5) is 10.1 Å². The Kier molecular flexibility index (Phi) is 3.89. The highest BCUT2D eigenvalue weighted by molar-refractivity contribution is 5.93. The predicted molar refractivity (Wildman–Crippen MR) is 85.7 cm³/mol. The number of hydrogen-bond acceptors (Lipinski definition) is 3. The van der Waals surface area contributed by atoms with Crippen LogP contribution in [0.2, 0.25) is 0 Å². The number of amides is 1. The van der Waals surface area contributed by atoms with Crippen LogP contribution >= 0.6 is 0 Å². The Labute approximate surface area is 131 Å². The SMILES string of the molecule is C[C@@H](C(=O)Nc1ccc(F)cc1)n1ncc2ccccc2c1=O. The molecular weight excluding hydrogens is 297 g/mol. The van der Waals surface area contributed by atoms with Gasteiger partial charge in [-0.25, -0.2) is 9.07 Å². The minimum absolute atomic E-state index is 0.329. The van der Waals surface area contributed by atoms with Gasteiger partial charge >= 0.3 is 0 Å². The molecule has 0 aliphatic carbocycles. The molecule has 0 spiro atoms. The molecule has 0 saturated heterocycles. The molecule has 0 saturated carbocycles. The third kappa shape index (κ3) is 2.96. The number of benzene rings is 2. The first-order valence-corrected chi connectivity index (χ1v) is 7.09. The van der Waals surface area contributed by atoms with E-state index < -0.39 is 11.9 Å². The summed E-state index contributed by atoms with van der Waals surface area (Å²) in [6.45, 7) is 1.59. The van der Waals surface area contributed by atoms with Crippen molar-refractivity contribution >= 4 is 22.4 Å². The molecule has 1 amide bonds. The molecule has 2 aromatic carbocycles. The lowest BCUT2D eigenvalue weighted by atomic mass is 10.2. The first kappa shape index (κ1) is 14.9. The van der Waals surface area contributed by atoms with Gasteiger partial charge in [-0.05, 0) is 37.3 Å². The van der Waals surface area contributed by atoms with Crippen molar-refractivity contribution in [3.05, 3.63) is 70.9 Å². The van der Waals surface area contributed by atoms with E-state index in [0.29, 0.717) is 11.1 Å². The zero-order chi connectivity index (χ0) is 16.4. The second kappa shape index (κ2) is 6.00. The van der Waals surface area contributed by atoms with Crippen molar-refractivity contribution in [3.8, 4) is 0 Å². The molecule has 6 heteroatoms. The van der Waals surface area contributed by atoms with Gasteiger partial charge in [-0.2, -0.15) is 5.10 Å². The number of nitrogens with zero attached hydrogens (tertiary/aromatic N) is 2. The van der Waals surface area contributed by atoms with E-state index in [4.69, 9.17) is 0 Å². The van der Waals surface area contributed by atoms with Crippen molar-refractivity contribution in [2.24, 2.45) is 0 Å². The third-order valence-electron chi connectivity index (χ3n) is 3.58. The van der Waals surface area contributed by atoms with E-state index in [1.165, 1.54) is 24.3 Å². The van der Waals surface area contributed by atoms with Gasteiger partial charge in [0.1, 0.15) is 11.9 Å². The van der Waals surface area contributed by atoms with E-state index >= 15 is 0 Å². The molecular formula is C17H14FN3O2. The lowest BCUT2D eigenvalue weighted by Gasteiger charge is -2.14. The summed E-state index contributed by atoms with van der Waals surface area (Å²) < 4.78 is 14.0. The maximum Gasteiger partial charge on any atom is 0.275 e. The molecule has 0 bridgehead atoms.